The van der Waals surface area contributed by atoms with Gasteiger partial charge in [-0.05, 0) is 55.5 Å². The van der Waals surface area contributed by atoms with Crippen LogP contribution in [0.1, 0.15) is 33.0 Å². The van der Waals surface area contributed by atoms with E-state index >= 15 is 0 Å². The Labute approximate surface area is 156 Å². The quantitative estimate of drug-likeness (QED) is 0.789. The molecule has 1 heterocycles. The second kappa shape index (κ2) is 7.59. The number of carbonyl (C=O) groups is 2. The molecule has 3 rings (SSSR count). The van der Waals surface area contributed by atoms with Gasteiger partial charge in [0.2, 0.25) is 0 Å². The largest absolute Gasteiger partial charge is 0.451 e. The van der Waals surface area contributed by atoms with Gasteiger partial charge in [0.05, 0.1) is 4.90 Å². The van der Waals surface area contributed by atoms with Gasteiger partial charge in [0.25, 0.3) is 5.91 Å². The maximum absolute atomic E-state index is 12.1. The molecule has 1 N–H and O–H groups in total. The number of benzene rings is 1. The third-order valence-electron chi connectivity index (χ3n) is 4.08. The van der Waals surface area contributed by atoms with Crippen molar-refractivity contribution in [2.24, 2.45) is 0 Å². The molecule has 0 saturated carbocycles. The Kier molecular flexibility index (Phi) is 5.43. The molecule has 138 valence electrons. The predicted molar refractivity (Wildman–Crippen MR) is 99.4 cm³/mol. The highest BCUT2D eigenvalue weighted by atomic mass is 32.2. The Hall–Kier alpha value is -2.19. The van der Waals surface area contributed by atoms with Gasteiger partial charge in [-0.25, -0.2) is 13.2 Å². The summed E-state index contributed by atoms with van der Waals surface area (Å²) in [4.78, 5) is 26.0. The van der Waals surface area contributed by atoms with Gasteiger partial charge >= 0.3 is 5.97 Å². The van der Waals surface area contributed by atoms with E-state index in [9.17, 15) is 18.0 Å². The van der Waals surface area contributed by atoms with Crippen molar-refractivity contribution in [3.05, 3.63) is 45.6 Å². The number of sulfone groups is 1. The van der Waals surface area contributed by atoms with Crippen molar-refractivity contribution < 1.29 is 22.7 Å². The molecule has 1 aliphatic carbocycles. The van der Waals surface area contributed by atoms with E-state index in [-0.39, 0.29) is 4.90 Å². The average Bonchev–Trinajstić information content (AvgIpc) is 3.03. The Morgan fingerprint density at radius 1 is 1.19 bits per heavy atom. The van der Waals surface area contributed by atoms with Crippen LogP contribution < -0.4 is 5.32 Å². The molecular formula is C18H19NO5S2. The summed E-state index contributed by atoms with van der Waals surface area (Å²) in [7, 11) is -3.36. The molecule has 0 bridgehead atoms. The summed E-state index contributed by atoms with van der Waals surface area (Å²) in [6.07, 6.45) is 5.33. The van der Waals surface area contributed by atoms with Crippen LogP contribution in [0.25, 0.3) is 0 Å². The van der Waals surface area contributed by atoms with E-state index < -0.39 is 28.3 Å². The number of anilines is 1. The van der Waals surface area contributed by atoms with E-state index in [4.69, 9.17) is 4.74 Å². The van der Waals surface area contributed by atoms with Crippen LogP contribution in [0.5, 0.6) is 0 Å². The zero-order valence-electron chi connectivity index (χ0n) is 14.3. The van der Waals surface area contributed by atoms with Gasteiger partial charge in [0.15, 0.2) is 16.4 Å². The summed E-state index contributed by atoms with van der Waals surface area (Å²) in [6, 6.07) is 7.77. The van der Waals surface area contributed by atoms with Crippen molar-refractivity contribution in [1.82, 2.24) is 0 Å². The minimum absolute atomic E-state index is 0.108. The lowest BCUT2D eigenvalue weighted by Gasteiger charge is -2.08. The Morgan fingerprint density at radius 2 is 1.96 bits per heavy atom. The summed E-state index contributed by atoms with van der Waals surface area (Å²) < 4.78 is 28.2. The Bertz CT molecular complexity index is 923. The number of hydrogen-bond acceptors (Lipinski definition) is 6. The van der Waals surface area contributed by atoms with Crippen LogP contribution >= 0.6 is 11.3 Å². The SMILES string of the molecule is CS(=O)(=O)c1cccc(NC(=O)COC(=O)c2cc3c(s2)CCCC3)c1. The molecule has 6 nitrogen and oxygen atoms in total. The molecule has 1 aliphatic rings. The lowest BCUT2D eigenvalue weighted by atomic mass is 9.99. The molecule has 0 spiro atoms. The first-order chi connectivity index (χ1) is 12.3. The second-order valence-corrected chi connectivity index (χ2v) is 9.34. The second-order valence-electron chi connectivity index (χ2n) is 6.19. The molecule has 0 atom stereocenters. The Morgan fingerprint density at radius 3 is 2.69 bits per heavy atom. The number of nitrogens with one attached hydrogen (secondary N) is 1. The van der Waals surface area contributed by atoms with Crippen molar-refractivity contribution in [2.45, 2.75) is 30.6 Å². The van der Waals surface area contributed by atoms with Crippen molar-refractivity contribution >= 4 is 38.7 Å². The number of aryl methyl sites for hydroxylation is 2. The maximum atomic E-state index is 12.1. The maximum Gasteiger partial charge on any atom is 0.348 e. The van der Waals surface area contributed by atoms with Crippen LogP contribution in [0.3, 0.4) is 0 Å². The molecule has 0 saturated heterocycles. The fourth-order valence-corrected chi connectivity index (χ4v) is 4.61. The molecule has 0 fully saturated rings. The lowest BCUT2D eigenvalue weighted by molar-refractivity contribution is -0.119. The summed E-state index contributed by atoms with van der Waals surface area (Å²) in [5.74, 6) is -1.03. The highest BCUT2D eigenvalue weighted by molar-refractivity contribution is 7.90. The van der Waals surface area contributed by atoms with Crippen LogP contribution in [-0.2, 0) is 32.2 Å². The molecule has 1 aromatic heterocycles. The minimum Gasteiger partial charge on any atom is -0.451 e. The molecular weight excluding hydrogens is 374 g/mol. The standard InChI is InChI=1S/C18H19NO5S2/c1-26(22,23)14-7-4-6-13(10-14)19-17(20)11-24-18(21)16-9-12-5-2-3-8-15(12)25-16/h4,6-7,9-10H,2-3,5,8,11H2,1H3,(H,19,20). The van der Waals surface area contributed by atoms with E-state index in [2.05, 4.69) is 5.32 Å². The number of carbonyl (C=O) groups excluding carboxylic acids is 2. The Balaban J connectivity index is 1.57. The summed E-state index contributed by atoms with van der Waals surface area (Å²) in [6.45, 7) is -0.426. The third kappa shape index (κ3) is 4.50. The van der Waals surface area contributed by atoms with Gasteiger partial charge in [-0.3, -0.25) is 4.79 Å². The number of fused-ring (bicyclic) bond motifs is 1. The van der Waals surface area contributed by atoms with Gasteiger partial charge in [-0.15, -0.1) is 11.3 Å². The topological polar surface area (TPSA) is 89.5 Å². The highest BCUT2D eigenvalue weighted by Crippen LogP contribution is 2.30. The van der Waals surface area contributed by atoms with E-state index in [0.29, 0.717) is 10.6 Å². The van der Waals surface area contributed by atoms with E-state index in [0.717, 1.165) is 31.9 Å². The van der Waals surface area contributed by atoms with Crippen LogP contribution in [-0.4, -0.2) is 33.2 Å². The number of thiophene rings is 1. The molecule has 26 heavy (non-hydrogen) atoms. The van der Waals surface area contributed by atoms with Crippen LogP contribution in [0.4, 0.5) is 5.69 Å². The van der Waals surface area contributed by atoms with Gasteiger partial charge in [-0.2, -0.15) is 0 Å². The predicted octanol–water partition coefficient (Wildman–Crippen LogP) is 2.83. The third-order valence-corrected chi connectivity index (χ3v) is 6.41. The molecule has 1 amide bonds. The first-order valence-corrected chi connectivity index (χ1v) is 10.9. The molecule has 8 heteroatoms. The zero-order chi connectivity index (χ0) is 18.7. The van der Waals surface area contributed by atoms with Crippen molar-refractivity contribution in [1.29, 1.82) is 0 Å². The molecule has 1 aromatic carbocycles. The number of amides is 1. The molecule has 0 radical (unpaired) electrons. The monoisotopic (exact) mass is 393 g/mol. The number of hydrogen-bond donors (Lipinski definition) is 1. The fourth-order valence-electron chi connectivity index (χ4n) is 2.80. The molecule has 2 aromatic rings. The molecule has 0 aliphatic heterocycles. The van der Waals surface area contributed by atoms with Gasteiger partial charge < -0.3 is 10.1 Å². The van der Waals surface area contributed by atoms with E-state index in [1.54, 1.807) is 6.07 Å². The van der Waals surface area contributed by atoms with Gasteiger partial charge in [0.1, 0.15) is 4.88 Å². The van der Waals surface area contributed by atoms with E-state index in [1.165, 1.54) is 40.0 Å². The number of ether oxygens (including phenoxy) is 1. The number of rotatable bonds is 5. The van der Waals surface area contributed by atoms with Crippen molar-refractivity contribution in [3.63, 3.8) is 0 Å². The molecule has 0 unspecified atom stereocenters. The van der Waals surface area contributed by atoms with Crippen molar-refractivity contribution in [3.8, 4) is 0 Å². The first-order valence-electron chi connectivity index (χ1n) is 8.21. The summed E-state index contributed by atoms with van der Waals surface area (Å²) in [5.41, 5.74) is 1.54. The fraction of sp³-hybridized carbons (Fsp3) is 0.333. The van der Waals surface area contributed by atoms with Crippen LogP contribution in [0.15, 0.2) is 35.2 Å². The first kappa shape index (κ1) is 18.6. The highest BCUT2D eigenvalue weighted by Gasteiger charge is 2.19. The summed E-state index contributed by atoms with van der Waals surface area (Å²) >= 11 is 1.43. The van der Waals surface area contributed by atoms with E-state index in [1.807, 2.05) is 6.07 Å². The summed E-state index contributed by atoms with van der Waals surface area (Å²) in [5, 5.41) is 2.53. The zero-order valence-corrected chi connectivity index (χ0v) is 15.9. The van der Waals surface area contributed by atoms with Gasteiger partial charge in [0, 0.05) is 16.8 Å². The van der Waals surface area contributed by atoms with Crippen LogP contribution in [0, 0.1) is 0 Å². The number of esters is 1. The van der Waals surface area contributed by atoms with Crippen LogP contribution in [0.2, 0.25) is 0 Å². The minimum atomic E-state index is -3.36. The normalized spacial score (nSPS) is 13.7. The van der Waals surface area contributed by atoms with Crippen molar-refractivity contribution in [2.75, 3.05) is 18.2 Å². The smallest absolute Gasteiger partial charge is 0.348 e. The van der Waals surface area contributed by atoms with Gasteiger partial charge in [-0.1, -0.05) is 6.07 Å². The average molecular weight is 393 g/mol. The lowest BCUT2D eigenvalue weighted by Crippen LogP contribution is -2.20.